The average Bonchev–Trinajstić information content (AvgIpc) is 2.45. The summed E-state index contributed by atoms with van der Waals surface area (Å²) in [5.41, 5.74) is 0.795. The van der Waals surface area contributed by atoms with E-state index in [-0.39, 0.29) is 12.0 Å². The topological polar surface area (TPSA) is 29.5 Å². The van der Waals surface area contributed by atoms with Gasteiger partial charge in [0.25, 0.3) is 5.91 Å². The zero-order valence-corrected chi connectivity index (χ0v) is 13.6. The quantitative estimate of drug-likeness (QED) is 0.581. The summed E-state index contributed by atoms with van der Waals surface area (Å²) in [4.78, 5) is 14.3. The first kappa shape index (κ1) is 15.1. The lowest BCUT2D eigenvalue weighted by Gasteiger charge is -2.32. The summed E-state index contributed by atoms with van der Waals surface area (Å²) in [5, 5.41) is 0. The van der Waals surface area contributed by atoms with Crippen LogP contribution >= 0.6 is 34.2 Å². The molecular formula is C14H17ClINO2. The molecule has 0 radical (unpaired) electrons. The maximum absolute atomic E-state index is 12.4. The summed E-state index contributed by atoms with van der Waals surface area (Å²) < 4.78 is 6.62. The molecule has 0 saturated carbocycles. The van der Waals surface area contributed by atoms with Gasteiger partial charge in [-0.2, -0.15) is 0 Å². The number of halogens is 2. The summed E-state index contributed by atoms with van der Waals surface area (Å²) in [7, 11) is 0. The molecule has 2 rings (SSSR count). The second-order valence-corrected chi connectivity index (χ2v) is 6.07. The molecule has 0 bridgehead atoms. The van der Waals surface area contributed by atoms with Gasteiger partial charge >= 0.3 is 0 Å². The number of amides is 1. The number of carbonyl (C=O) groups is 1. The van der Waals surface area contributed by atoms with Gasteiger partial charge in [0.15, 0.2) is 0 Å². The lowest BCUT2D eigenvalue weighted by Crippen LogP contribution is -2.41. The fourth-order valence-electron chi connectivity index (χ4n) is 2.24. The van der Waals surface area contributed by atoms with Gasteiger partial charge in [-0.15, -0.1) is 11.6 Å². The highest BCUT2D eigenvalue weighted by atomic mass is 127. The van der Waals surface area contributed by atoms with Gasteiger partial charge in [0, 0.05) is 22.5 Å². The van der Waals surface area contributed by atoms with Crippen molar-refractivity contribution in [1.82, 2.24) is 4.90 Å². The highest BCUT2D eigenvalue weighted by Gasteiger charge is 2.24. The van der Waals surface area contributed by atoms with Crippen LogP contribution in [-0.2, 0) is 4.74 Å². The SMILES string of the molecule is O=C(c1ccccc1I)N1CCC(OCCCl)CC1. The fraction of sp³-hybridized carbons (Fsp3) is 0.500. The normalized spacial score (nSPS) is 16.6. The molecular weight excluding hydrogens is 377 g/mol. The zero-order chi connectivity index (χ0) is 13.7. The second kappa shape index (κ2) is 7.45. The van der Waals surface area contributed by atoms with Crippen molar-refractivity contribution < 1.29 is 9.53 Å². The van der Waals surface area contributed by atoms with Crippen molar-refractivity contribution in [3.63, 3.8) is 0 Å². The summed E-state index contributed by atoms with van der Waals surface area (Å²) in [6.07, 6.45) is 2.04. The Kier molecular flexibility index (Phi) is 5.91. The molecule has 1 aliphatic heterocycles. The van der Waals surface area contributed by atoms with Gasteiger partial charge in [-0.25, -0.2) is 0 Å². The molecule has 3 nitrogen and oxygen atoms in total. The molecule has 0 spiro atoms. The molecule has 104 valence electrons. The third-order valence-electron chi connectivity index (χ3n) is 3.26. The maximum Gasteiger partial charge on any atom is 0.254 e. The van der Waals surface area contributed by atoms with Crippen LogP contribution < -0.4 is 0 Å². The number of likely N-dealkylation sites (tertiary alicyclic amines) is 1. The fourth-order valence-corrected chi connectivity index (χ4v) is 2.95. The van der Waals surface area contributed by atoms with Crippen molar-refractivity contribution in [2.45, 2.75) is 18.9 Å². The molecule has 1 aromatic carbocycles. The van der Waals surface area contributed by atoms with Crippen LogP contribution in [0.4, 0.5) is 0 Å². The number of hydrogen-bond acceptors (Lipinski definition) is 2. The van der Waals surface area contributed by atoms with Crippen molar-refractivity contribution in [2.75, 3.05) is 25.6 Å². The summed E-state index contributed by atoms with van der Waals surface area (Å²) in [6, 6.07) is 7.71. The number of carbonyl (C=O) groups excluding carboxylic acids is 1. The molecule has 0 unspecified atom stereocenters. The lowest BCUT2D eigenvalue weighted by atomic mass is 10.1. The van der Waals surface area contributed by atoms with Crippen molar-refractivity contribution in [3.05, 3.63) is 33.4 Å². The molecule has 19 heavy (non-hydrogen) atoms. The number of ether oxygens (including phenoxy) is 1. The van der Waals surface area contributed by atoms with E-state index in [0.717, 1.165) is 35.1 Å². The van der Waals surface area contributed by atoms with Crippen LogP contribution in [0.15, 0.2) is 24.3 Å². The first-order valence-corrected chi connectivity index (χ1v) is 8.05. The van der Waals surface area contributed by atoms with Crippen molar-refractivity contribution in [1.29, 1.82) is 0 Å². The molecule has 1 fully saturated rings. The van der Waals surface area contributed by atoms with Gasteiger partial charge in [0.2, 0.25) is 0 Å². The van der Waals surface area contributed by atoms with E-state index in [1.165, 1.54) is 0 Å². The summed E-state index contributed by atoms with van der Waals surface area (Å²) in [5.74, 6) is 0.655. The molecule has 1 heterocycles. The van der Waals surface area contributed by atoms with Crippen LogP contribution in [-0.4, -0.2) is 42.5 Å². The number of piperidine rings is 1. The van der Waals surface area contributed by atoms with Crippen LogP contribution in [0.1, 0.15) is 23.2 Å². The van der Waals surface area contributed by atoms with E-state index in [2.05, 4.69) is 22.6 Å². The number of nitrogens with zero attached hydrogens (tertiary/aromatic N) is 1. The van der Waals surface area contributed by atoms with Gasteiger partial charge in [0.05, 0.1) is 18.3 Å². The molecule has 1 saturated heterocycles. The van der Waals surface area contributed by atoms with Gasteiger partial charge in [0.1, 0.15) is 0 Å². The molecule has 0 atom stereocenters. The minimum absolute atomic E-state index is 0.126. The Labute approximate surface area is 132 Å². The van der Waals surface area contributed by atoms with Crippen molar-refractivity contribution in [3.8, 4) is 0 Å². The highest BCUT2D eigenvalue weighted by Crippen LogP contribution is 2.19. The Morgan fingerprint density at radius 2 is 2.05 bits per heavy atom. The van der Waals surface area contributed by atoms with Crippen LogP contribution in [0.3, 0.4) is 0 Å². The number of benzene rings is 1. The van der Waals surface area contributed by atoms with E-state index < -0.39 is 0 Å². The van der Waals surface area contributed by atoms with Gasteiger partial charge in [-0.05, 0) is 47.6 Å². The second-order valence-electron chi connectivity index (χ2n) is 4.53. The Morgan fingerprint density at radius 3 is 2.68 bits per heavy atom. The third kappa shape index (κ3) is 4.07. The first-order chi connectivity index (χ1) is 9.22. The predicted octanol–water partition coefficient (Wildman–Crippen LogP) is 3.15. The summed E-state index contributed by atoms with van der Waals surface area (Å²) >= 11 is 7.81. The van der Waals surface area contributed by atoms with E-state index in [1.807, 2.05) is 29.2 Å². The first-order valence-electron chi connectivity index (χ1n) is 6.43. The van der Waals surface area contributed by atoms with E-state index in [9.17, 15) is 4.79 Å². The molecule has 0 aliphatic carbocycles. The Balaban J connectivity index is 1.91. The minimum Gasteiger partial charge on any atom is -0.377 e. The highest BCUT2D eigenvalue weighted by molar-refractivity contribution is 14.1. The molecule has 5 heteroatoms. The number of hydrogen-bond donors (Lipinski definition) is 0. The number of alkyl halides is 1. The van der Waals surface area contributed by atoms with E-state index in [0.29, 0.717) is 12.5 Å². The summed E-state index contributed by atoms with van der Waals surface area (Å²) in [6.45, 7) is 2.12. The van der Waals surface area contributed by atoms with Gasteiger partial charge in [-0.3, -0.25) is 4.79 Å². The molecule has 0 aromatic heterocycles. The van der Waals surface area contributed by atoms with Crippen LogP contribution in [0.2, 0.25) is 0 Å². The zero-order valence-electron chi connectivity index (χ0n) is 10.6. The van der Waals surface area contributed by atoms with Gasteiger partial charge in [-0.1, -0.05) is 12.1 Å². The maximum atomic E-state index is 12.4. The smallest absolute Gasteiger partial charge is 0.254 e. The van der Waals surface area contributed by atoms with Crippen molar-refractivity contribution >= 4 is 40.1 Å². The predicted molar refractivity (Wildman–Crippen MR) is 84.8 cm³/mol. The monoisotopic (exact) mass is 393 g/mol. The van der Waals surface area contributed by atoms with Crippen LogP contribution in [0, 0.1) is 3.57 Å². The largest absolute Gasteiger partial charge is 0.377 e. The molecule has 0 N–H and O–H groups in total. The van der Waals surface area contributed by atoms with Crippen LogP contribution in [0.5, 0.6) is 0 Å². The lowest BCUT2D eigenvalue weighted by molar-refractivity contribution is 0.0154. The van der Waals surface area contributed by atoms with E-state index in [4.69, 9.17) is 16.3 Å². The minimum atomic E-state index is 0.126. The van der Waals surface area contributed by atoms with Crippen LogP contribution in [0.25, 0.3) is 0 Å². The third-order valence-corrected chi connectivity index (χ3v) is 4.36. The van der Waals surface area contributed by atoms with E-state index >= 15 is 0 Å². The molecule has 1 amide bonds. The average molecular weight is 394 g/mol. The Hall–Kier alpha value is -0.330. The van der Waals surface area contributed by atoms with Crippen molar-refractivity contribution in [2.24, 2.45) is 0 Å². The van der Waals surface area contributed by atoms with Gasteiger partial charge < -0.3 is 9.64 Å². The molecule has 1 aliphatic rings. The standard InChI is InChI=1S/C14H17ClINO2/c15-7-10-19-11-5-8-17(9-6-11)14(18)12-3-1-2-4-13(12)16/h1-4,11H,5-10H2. The molecule has 1 aromatic rings. The Morgan fingerprint density at radius 1 is 1.37 bits per heavy atom. The Bertz CT molecular complexity index is 433. The van der Waals surface area contributed by atoms with E-state index in [1.54, 1.807) is 0 Å². The number of rotatable bonds is 4.